The molecular weight excluding hydrogens is 271 g/mol. The van der Waals surface area contributed by atoms with Crippen molar-refractivity contribution in [3.63, 3.8) is 0 Å². The molecule has 0 aliphatic rings. The van der Waals surface area contributed by atoms with Crippen LogP contribution in [0.4, 0.5) is 15.8 Å². The number of rotatable bonds is 4. The molecule has 0 aromatic heterocycles. The second-order valence-electron chi connectivity index (χ2n) is 3.72. The number of halogens is 1. The first-order valence-electron chi connectivity index (χ1n) is 5.33. The molecule has 102 valence electrons. The first kappa shape index (κ1) is 13.4. The van der Waals surface area contributed by atoms with E-state index in [1.165, 1.54) is 12.1 Å². The van der Waals surface area contributed by atoms with Gasteiger partial charge in [-0.1, -0.05) is 0 Å². The Kier molecular flexibility index (Phi) is 3.56. The summed E-state index contributed by atoms with van der Waals surface area (Å²) in [6.45, 7) is 0. The Balaban J connectivity index is 2.38. The number of ether oxygens (including phenoxy) is 1. The maximum Gasteiger partial charge on any atom is 0.318 e. The Morgan fingerprint density at radius 2 is 1.60 bits per heavy atom. The molecule has 2 rings (SSSR count). The highest BCUT2D eigenvalue weighted by Crippen LogP contribution is 2.34. The van der Waals surface area contributed by atoms with Crippen LogP contribution in [-0.2, 0) is 0 Å². The van der Waals surface area contributed by atoms with Crippen molar-refractivity contribution >= 4 is 11.4 Å². The van der Waals surface area contributed by atoms with Crippen molar-refractivity contribution in [2.45, 2.75) is 0 Å². The number of benzene rings is 2. The van der Waals surface area contributed by atoms with E-state index in [9.17, 15) is 24.6 Å². The molecule has 0 unspecified atom stereocenters. The SMILES string of the molecule is O=[N+]([O-])c1ccc(Oc2ccc(F)cc2)c([N+](=O)[O-])c1. The maximum absolute atomic E-state index is 12.7. The summed E-state index contributed by atoms with van der Waals surface area (Å²) in [5.41, 5.74) is -0.952. The van der Waals surface area contributed by atoms with Crippen LogP contribution in [0.1, 0.15) is 0 Å². The minimum Gasteiger partial charge on any atom is -0.450 e. The monoisotopic (exact) mass is 278 g/mol. The van der Waals surface area contributed by atoms with E-state index in [1.54, 1.807) is 0 Å². The van der Waals surface area contributed by atoms with Gasteiger partial charge in [-0.2, -0.15) is 0 Å². The second-order valence-corrected chi connectivity index (χ2v) is 3.72. The molecule has 2 aromatic carbocycles. The molecule has 0 atom stereocenters. The van der Waals surface area contributed by atoms with Gasteiger partial charge in [0.05, 0.1) is 15.9 Å². The molecule has 20 heavy (non-hydrogen) atoms. The second kappa shape index (κ2) is 5.31. The number of nitrogens with zero attached hydrogens (tertiary/aromatic N) is 2. The van der Waals surface area contributed by atoms with Gasteiger partial charge >= 0.3 is 5.69 Å². The molecule has 0 N–H and O–H groups in total. The van der Waals surface area contributed by atoms with Crippen LogP contribution in [-0.4, -0.2) is 9.85 Å². The Labute approximate surface area is 111 Å². The van der Waals surface area contributed by atoms with Gasteiger partial charge in [-0.3, -0.25) is 20.2 Å². The molecular formula is C12H7FN2O5. The van der Waals surface area contributed by atoms with Crippen LogP contribution in [0.5, 0.6) is 11.5 Å². The summed E-state index contributed by atoms with van der Waals surface area (Å²) in [4.78, 5) is 19.9. The molecule has 0 saturated carbocycles. The van der Waals surface area contributed by atoms with Crippen LogP contribution >= 0.6 is 0 Å². The molecule has 0 heterocycles. The highest BCUT2D eigenvalue weighted by atomic mass is 19.1. The summed E-state index contributed by atoms with van der Waals surface area (Å²) in [5.74, 6) is -0.453. The molecule has 8 heteroatoms. The minimum atomic E-state index is -0.786. The largest absolute Gasteiger partial charge is 0.450 e. The van der Waals surface area contributed by atoms with Crippen molar-refractivity contribution < 1.29 is 19.0 Å². The molecule has 0 radical (unpaired) electrons. The number of non-ortho nitro benzene ring substituents is 1. The molecule has 0 bridgehead atoms. The molecule has 0 aliphatic heterocycles. The Bertz CT molecular complexity index is 672. The zero-order valence-corrected chi connectivity index (χ0v) is 9.86. The lowest BCUT2D eigenvalue weighted by Gasteiger charge is -2.05. The first-order valence-corrected chi connectivity index (χ1v) is 5.33. The zero-order chi connectivity index (χ0) is 14.7. The van der Waals surface area contributed by atoms with E-state index >= 15 is 0 Å². The number of hydrogen-bond donors (Lipinski definition) is 0. The van der Waals surface area contributed by atoms with E-state index in [2.05, 4.69) is 0 Å². The number of nitro groups is 2. The van der Waals surface area contributed by atoms with Crippen LogP contribution in [0, 0.1) is 26.0 Å². The Morgan fingerprint density at radius 3 is 2.15 bits per heavy atom. The third kappa shape index (κ3) is 2.86. The summed E-state index contributed by atoms with van der Waals surface area (Å²) >= 11 is 0. The number of hydrogen-bond acceptors (Lipinski definition) is 5. The van der Waals surface area contributed by atoms with Crippen LogP contribution < -0.4 is 4.74 Å². The molecule has 0 aliphatic carbocycles. The normalized spacial score (nSPS) is 10.1. The average Bonchev–Trinajstić information content (AvgIpc) is 2.41. The quantitative estimate of drug-likeness (QED) is 0.630. The van der Waals surface area contributed by atoms with Crippen molar-refractivity contribution in [1.82, 2.24) is 0 Å². The van der Waals surface area contributed by atoms with E-state index < -0.39 is 27.0 Å². The zero-order valence-electron chi connectivity index (χ0n) is 9.86. The first-order chi connectivity index (χ1) is 9.47. The molecule has 2 aromatic rings. The Hall–Kier alpha value is -3.03. The van der Waals surface area contributed by atoms with Gasteiger partial charge in [0.1, 0.15) is 11.6 Å². The fourth-order valence-corrected chi connectivity index (χ4v) is 1.48. The average molecular weight is 278 g/mol. The molecule has 0 amide bonds. The molecule has 0 fully saturated rings. The summed E-state index contributed by atoms with van der Waals surface area (Å²) in [7, 11) is 0. The van der Waals surface area contributed by atoms with E-state index in [1.807, 2.05) is 0 Å². The van der Waals surface area contributed by atoms with Gasteiger partial charge in [0.15, 0.2) is 0 Å². The van der Waals surface area contributed by atoms with Gasteiger partial charge in [-0.15, -0.1) is 0 Å². The van der Waals surface area contributed by atoms with E-state index in [-0.39, 0.29) is 11.5 Å². The number of nitro benzene ring substituents is 2. The smallest absolute Gasteiger partial charge is 0.318 e. The van der Waals surface area contributed by atoms with Crippen LogP contribution in [0.15, 0.2) is 42.5 Å². The van der Waals surface area contributed by atoms with Gasteiger partial charge in [0.25, 0.3) is 5.69 Å². The topological polar surface area (TPSA) is 95.5 Å². The summed E-state index contributed by atoms with van der Waals surface area (Å²) in [6.07, 6.45) is 0. The van der Waals surface area contributed by atoms with Gasteiger partial charge < -0.3 is 4.74 Å². The Morgan fingerprint density at radius 1 is 0.950 bits per heavy atom. The van der Waals surface area contributed by atoms with E-state index in [0.29, 0.717) is 0 Å². The highest BCUT2D eigenvalue weighted by molar-refractivity contribution is 5.54. The predicted octanol–water partition coefficient (Wildman–Crippen LogP) is 3.43. The van der Waals surface area contributed by atoms with Crippen molar-refractivity contribution in [3.8, 4) is 11.5 Å². The van der Waals surface area contributed by atoms with Crippen molar-refractivity contribution in [2.75, 3.05) is 0 Å². The lowest BCUT2D eigenvalue weighted by atomic mass is 10.2. The fourth-order valence-electron chi connectivity index (χ4n) is 1.48. The standard InChI is InChI=1S/C12H7FN2O5/c13-8-1-4-10(5-2-8)20-12-6-3-9(14(16)17)7-11(12)15(18)19/h1-7H. The van der Waals surface area contributed by atoms with E-state index in [4.69, 9.17) is 4.74 Å². The van der Waals surface area contributed by atoms with Gasteiger partial charge in [0, 0.05) is 6.07 Å². The molecule has 0 saturated heterocycles. The van der Waals surface area contributed by atoms with Crippen LogP contribution in [0.3, 0.4) is 0 Å². The molecule has 0 spiro atoms. The lowest BCUT2D eigenvalue weighted by molar-refractivity contribution is -0.394. The van der Waals surface area contributed by atoms with Crippen molar-refractivity contribution in [2.24, 2.45) is 0 Å². The van der Waals surface area contributed by atoms with Gasteiger partial charge in [0.2, 0.25) is 5.75 Å². The third-order valence-electron chi connectivity index (χ3n) is 2.39. The predicted molar refractivity (Wildman–Crippen MR) is 66.2 cm³/mol. The summed E-state index contributed by atoms with van der Waals surface area (Å²) < 4.78 is 18.0. The lowest BCUT2D eigenvalue weighted by Crippen LogP contribution is -1.96. The van der Waals surface area contributed by atoms with E-state index in [0.717, 1.165) is 30.3 Å². The minimum absolute atomic E-state index is 0.160. The van der Waals surface area contributed by atoms with Crippen LogP contribution in [0.2, 0.25) is 0 Å². The van der Waals surface area contributed by atoms with Crippen LogP contribution in [0.25, 0.3) is 0 Å². The van der Waals surface area contributed by atoms with Crippen molar-refractivity contribution in [3.05, 3.63) is 68.5 Å². The highest BCUT2D eigenvalue weighted by Gasteiger charge is 2.21. The summed E-state index contributed by atoms with van der Waals surface area (Å²) in [6, 6.07) is 7.87. The van der Waals surface area contributed by atoms with Gasteiger partial charge in [-0.05, 0) is 30.3 Å². The van der Waals surface area contributed by atoms with Crippen molar-refractivity contribution in [1.29, 1.82) is 0 Å². The maximum atomic E-state index is 12.7. The third-order valence-corrected chi connectivity index (χ3v) is 2.39. The van der Waals surface area contributed by atoms with Gasteiger partial charge in [-0.25, -0.2) is 4.39 Å². The fraction of sp³-hybridized carbons (Fsp3) is 0. The summed E-state index contributed by atoms with van der Waals surface area (Å²) in [5, 5.41) is 21.5. The molecule has 7 nitrogen and oxygen atoms in total.